The van der Waals surface area contributed by atoms with Crippen molar-refractivity contribution in [3.8, 4) is 0 Å². The number of carbonyl (C=O) groups excluding carboxylic acids is 3. The summed E-state index contributed by atoms with van der Waals surface area (Å²) in [7, 11) is 0. The fraction of sp³-hybridized carbons (Fsp3) is 0.860. The summed E-state index contributed by atoms with van der Waals surface area (Å²) in [6, 6.07) is -0.706. The second kappa shape index (κ2) is 19.2. The lowest BCUT2D eigenvalue weighted by Crippen LogP contribution is -2.69. The fourth-order valence-electron chi connectivity index (χ4n) is 13.4. The molecule has 0 aromatic rings. The van der Waals surface area contributed by atoms with Crippen molar-refractivity contribution in [2.45, 2.75) is 211 Å². The van der Waals surface area contributed by atoms with Crippen LogP contribution in [-0.4, -0.2) is 144 Å². The molecule has 6 aliphatic rings. The highest BCUT2D eigenvalue weighted by atomic mass is 19.1. The number of allylic oxidation sites excluding steroid dienone is 4. The molecule has 2 saturated heterocycles. The lowest BCUT2D eigenvalue weighted by atomic mass is 9.45. The maximum absolute atomic E-state index is 17.7. The number of fused-ring (bicyclic) bond motifs is 5. The Hall–Kier alpha value is -2.34. The molecule has 65 heavy (non-hydrogen) atoms. The van der Waals surface area contributed by atoms with Gasteiger partial charge in [-0.15, -0.1) is 0 Å². The highest BCUT2D eigenvalue weighted by Crippen LogP contribution is 2.70. The minimum atomic E-state index is -2.09. The minimum absolute atomic E-state index is 0.0446. The molecule has 4 aliphatic carbocycles. The van der Waals surface area contributed by atoms with Crippen molar-refractivity contribution in [2.24, 2.45) is 40.4 Å². The number of hydrogen-bond acceptors (Lipinski definition) is 13. The van der Waals surface area contributed by atoms with E-state index >= 15 is 4.39 Å². The first-order valence-corrected chi connectivity index (χ1v) is 24.6. The largest absolute Gasteiger partial charge is 0.459 e. The van der Waals surface area contributed by atoms with E-state index in [0.717, 1.165) is 12.8 Å². The molecular weight excluding hydrogens is 840 g/mol. The SMILES string of the molecule is CC[C@H]1OC(=O)[C@H](C)[C@@H](O)[C@H](C)[C@@H](O[C@H]2CCC[C@@H](C)O2)[C@](C)(O)CCCN(CCCNC(=O)[C@@]2(O)[C@H](C)CC3C4CC=C5CC(=O)C=C[C@]5(C)[C@@]4(F)[C@@H](O)C[C@@]32C)[C@H](C)[C@@H](O)[C@]1(C)O. The van der Waals surface area contributed by atoms with Crippen LogP contribution >= 0.6 is 0 Å². The van der Waals surface area contributed by atoms with Crippen LogP contribution in [0.5, 0.6) is 0 Å². The van der Waals surface area contributed by atoms with Crippen molar-refractivity contribution >= 4 is 17.7 Å². The quantitative estimate of drug-likeness (QED) is 0.102. The van der Waals surface area contributed by atoms with Gasteiger partial charge < -0.3 is 50.2 Å². The number of ketones is 1. The maximum atomic E-state index is 17.7. The van der Waals surface area contributed by atoms with Gasteiger partial charge >= 0.3 is 5.97 Å². The number of carbonyl (C=O) groups is 3. The summed E-state index contributed by atoms with van der Waals surface area (Å²) in [6.07, 6.45) is 2.12. The van der Waals surface area contributed by atoms with Gasteiger partial charge in [0.15, 0.2) is 23.3 Å². The van der Waals surface area contributed by atoms with E-state index in [-0.39, 0.29) is 50.5 Å². The summed E-state index contributed by atoms with van der Waals surface area (Å²) in [5.41, 5.74) is -9.11. The zero-order valence-electron chi connectivity index (χ0n) is 40.6. The number of esters is 1. The molecule has 14 nitrogen and oxygen atoms in total. The molecule has 370 valence electrons. The average Bonchev–Trinajstić information content (AvgIpc) is 3.45. The van der Waals surface area contributed by atoms with Crippen molar-refractivity contribution in [1.29, 1.82) is 0 Å². The first kappa shape index (κ1) is 52.0. The van der Waals surface area contributed by atoms with Crippen molar-refractivity contribution in [2.75, 3.05) is 19.6 Å². The van der Waals surface area contributed by atoms with Gasteiger partial charge in [-0.25, -0.2) is 4.39 Å². The average molecular weight is 921 g/mol. The third-order valence-corrected chi connectivity index (χ3v) is 17.7. The molecule has 4 fully saturated rings. The zero-order chi connectivity index (χ0) is 48.2. The number of aliphatic hydroxyl groups is 6. The molecule has 15 heteroatoms. The number of nitrogens with zero attached hydrogens (tertiary/aromatic N) is 1. The van der Waals surface area contributed by atoms with Gasteiger partial charge in [-0.05, 0) is 130 Å². The van der Waals surface area contributed by atoms with E-state index in [9.17, 15) is 45.0 Å². The fourth-order valence-corrected chi connectivity index (χ4v) is 13.4. The summed E-state index contributed by atoms with van der Waals surface area (Å²) >= 11 is 0. The van der Waals surface area contributed by atoms with Gasteiger partial charge in [0.2, 0.25) is 0 Å². The third-order valence-electron chi connectivity index (χ3n) is 17.7. The third kappa shape index (κ3) is 9.06. The van der Waals surface area contributed by atoms with Gasteiger partial charge in [-0.2, -0.15) is 0 Å². The molecular formula is C50H81FN2O12. The summed E-state index contributed by atoms with van der Waals surface area (Å²) in [5, 5.41) is 74.8. The topological polar surface area (TPSA) is 216 Å². The Morgan fingerprint density at radius 3 is 2.35 bits per heavy atom. The van der Waals surface area contributed by atoms with Gasteiger partial charge in [-0.3, -0.25) is 19.3 Å². The molecule has 0 bridgehead atoms. The molecule has 2 heterocycles. The zero-order valence-corrected chi connectivity index (χ0v) is 40.6. The molecule has 2 saturated carbocycles. The van der Waals surface area contributed by atoms with Crippen molar-refractivity contribution in [3.05, 3.63) is 23.8 Å². The minimum Gasteiger partial charge on any atom is -0.459 e. The van der Waals surface area contributed by atoms with E-state index < -0.39 is 118 Å². The Bertz CT molecular complexity index is 1810. The number of nitrogens with one attached hydrogen (secondary N) is 1. The number of halogens is 1. The standard InChI is InChI=1S/C50H81FN2O12/c1-11-38-48(10,61)41(57)32(6)53(23-13-20-47(9,60)42(65-39-16-12-15-29(3)63-39)30(4)40(56)31(5)43(58)64-38)24-14-22-52-44(59)50(62)28(2)25-36-35-18-17-33-26-34(54)19-21-45(33,7)49(35,51)37(55)27-46(36,50)8/h17,19,21,28-32,35-42,55-57,60-62H,11-16,18,20,22-27H2,1-10H3,(H,52,59)/t28-,29-,30+,31-,32-,35?,36?,37+,38-,39+,40+,41-,42-,45+,46+,47-,48-,49+,50+/m1/s1. The first-order valence-electron chi connectivity index (χ1n) is 24.6. The molecule has 0 radical (unpaired) electrons. The number of ether oxygens (including phenoxy) is 3. The molecule has 0 spiro atoms. The lowest BCUT2D eigenvalue weighted by molar-refractivity contribution is -0.260. The summed E-state index contributed by atoms with van der Waals surface area (Å²) < 4.78 is 36.2. The van der Waals surface area contributed by atoms with E-state index in [1.54, 1.807) is 54.5 Å². The molecule has 7 N–H and O–H groups in total. The van der Waals surface area contributed by atoms with Crippen LogP contribution in [0.3, 0.4) is 0 Å². The van der Waals surface area contributed by atoms with E-state index in [0.29, 0.717) is 44.3 Å². The van der Waals surface area contributed by atoms with Crippen LogP contribution in [0, 0.1) is 40.4 Å². The Morgan fingerprint density at radius 1 is 1.00 bits per heavy atom. The normalized spacial score (nSPS) is 49.1. The summed E-state index contributed by atoms with van der Waals surface area (Å²) in [6.45, 7) is 17.9. The molecule has 2 unspecified atom stereocenters. The Morgan fingerprint density at radius 2 is 1.69 bits per heavy atom. The van der Waals surface area contributed by atoms with Gasteiger partial charge in [-0.1, -0.05) is 45.4 Å². The molecule has 19 atom stereocenters. The number of hydrogen-bond donors (Lipinski definition) is 7. The monoisotopic (exact) mass is 921 g/mol. The maximum Gasteiger partial charge on any atom is 0.311 e. The molecule has 1 amide bonds. The highest BCUT2D eigenvalue weighted by molar-refractivity contribution is 5.93. The smallest absolute Gasteiger partial charge is 0.311 e. The van der Waals surface area contributed by atoms with Gasteiger partial charge in [0, 0.05) is 48.2 Å². The van der Waals surface area contributed by atoms with E-state index in [1.807, 2.05) is 17.9 Å². The number of alkyl halides is 1. The molecule has 6 rings (SSSR count). The van der Waals surface area contributed by atoms with Crippen molar-refractivity contribution < 1.29 is 63.6 Å². The second-order valence-corrected chi connectivity index (χ2v) is 22.0. The number of cyclic esters (lactones) is 1. The van der Waals surface area contributed by atoms with Crippen LogP contribution in [0.2, 0.25) is 0 Å². The van der Waals surface area contributed by atoms with Crippen LogP contribution in [0.15, 0.2) is 23.8 Å². The Balaban J connectivity index is 1.19. The lowest BCUT2D eigenvalue weighted by Gasteiger charge is -2.61. The van der Waals surface area contributed by atoms with Crippen LogP contribution < -0.4 is 5.32 Å². The molecule has 0 aromatic heterocycles. The summed E-state index contributed by atoms with van der Waals surface area (Å²) in [5.74, 6) is -4.95. The van der Waals surface area contributed by atoms with Crippen molar-refractivity contribution in [1.82, 2.24) is 10.2 Å². The van der Waals surface area contributed by atoms with Gasteiger partial charge in [0.1, 0.15) is 17.8 Å². The van der Waals surface area contributed by atoms with Gasteiger partial charge in [0.25, 0.3) is 5.91 Å². The van der Waals surface area contributed by atoms with Gasteiger partial charge in [0.05, 0.1) is 35.9 Å². The van der Waals surface area contributed by atoms with Crippen molar-refractivity contribution in [3.63, 3.8) is 0 Å². The second-order valence-electron chi connectivity index (χ2n) is 22.0. The van der Waals surface area contributed by atoms with E-state index in [1.165, 1.54) is 19.9 Å². The Kier molecular flexibility index (Phi) is 15.4. The van der Waals surface area contributed by atoms with Crippen LogP contribution in [0.25, 0.3) is 0 Å². The predicted octanol–water partition coefficient (Wildman–Crippen LogP) is 4.44. The molecule has 0 aromatic carbocycles. The van der Waals surface area contributed by atoms with E-state index in [2.05, 4.69) is 5.32 Å². The number of amides is 1. The Labute approximate surface area is 385 Å². The summed E-state index contributed by atoms with van der Waals surface area (Å²) in [4.78, 5) is 42.3. The predicted molar refractivity (Wildman–Crippen MR) is 241 cm³/mol. The first-order chi connectivity index (χ1) is 30.2. The number of rotatable bonds is 8. The molecule has 2 aliphatic heterocycles. The van der Waals surface area contributed by atoms with Crippen LogP contribution in [0.4, 0.5) is 4.39 Å². The highest BCUT2D eigenvalue weighted by Gasteiger charge is 2.75. The number of aliphatic hydroxyl groups excluding tert-OH is 3. The van der Waals surface area contributed by atoms with Crippen LogP contribution in [-0.2, 0) is 28.6 Å². The van der Waals surface area contributed by atoms with E-state index in [4.69, 9.17) is 14.2 Å². The van der Waals surface area contributed by atoms with Crippen LogP contribution in [0.1, 0.15) is 140 Å².